The molecule has 0 atom stereocenters. The minimum absolute atomic E-state index is 0.0492. The van der Waals surface area contributed by atoms with Gasteiger partial charge in [-0.15, -0.1) is 5.10 Å². The number of carbonyl (C=O) groups excluding carboxylic acids is 2. The molecule has 140 valence electrons. The van der Waals surface area contributed by atoms with Crippen LogP contribution < -0.4 is 0 Å². The zero-order valence-electron chi connectivity index (χ0n) is 14.7. The number of hydrogen-bond acceptors (Lipinski definition) is 8. The van der Waals surface area contributed by atoms with Gasteiger partial charge in [-0.05, 0) is 25.3 Å². The molecule has 0 bridgehead atoms. The molecule has 1 aromatic carbocycles. The van der Waals surface area contributed by atoms with Crippen LogP contribution in [0, 0.1) is 22.0 Å². The Morgan fingerprint density at radius 3 is 2.44 bits per heavy atom. The van der Waals surface area contributed by atoms with Gasteiger partial charge >= 0.3 is 11.9 Å². The zero-order valence-corrected chi connectivity index (χ0v) is 14.7. The predicted molar refractivity (Wildman–Crippen MR) is 91.7 cm³/mol. The van der Waals surface area contributed by atoms with Crippen molar-refractivity contribution in [3.63, 3.8) is 0 Å². The SMILES string of the molecule is CCOC(=O)C#Cc1c(C(=O)OCC)nnn1Cc1ccc([N+](=O)[O-])cc1. The number of rotatable bonds is 6. The molecule has 10 nitrogen and oxygen atoms in total. The van der Waals surface area contributed by atoms with E-state index in [1.165, 1.54) is 16.8 Å². The van der Waals surface area contributed by atoms with Crippen LogP contribution in [0.1, 0.15) is 35.6 Å². The maximum Gasteiger partial charge on any atom is 0.384 e. The summed E-state index contributed by atoms with van der Waals surface area (Å²) in [5, 5.41) is 18.4. The normalized spacial score (nSPS) is 9.85. The lowest BCUT2D eigenvalue weighted by Gasteiger charge is -2.04. The molecule has 0 fully saturated rings. The molecule has 0 amide bonds. The molecule has 0 spiro atoms. The fourth-order valence-corrected chi connectivity index (χ4v) is 2.06. The first kappa shape index (κ1) is 19.6. The highest BCUT2D eigenvalue weighted by molar-refractivity contribution is 5.92. The summed E-state index contributed by atoms with van der Waals surface area (Å²) in [7, 11) is 0. The second-order valence-corrected chi connectivity index (χ2v) is 5.06. The summed E-state index contributed by atoms with van der Waals surface area (Å²) in [6.45, 7) is 3.72. The average molecular weight is 372 g/mol. The largest absolute Gasteiger partial charge is 0.461 e. The van der Waals surface area contributed by atoms with E-state index in [0.29, 0.717) is 5.56 Å². The Labute approximate surface area is 154 Å². The highest BCUT2D eigenvalue weighted by Gasteiger charge is 2.20. The average Bonchev–Trinajstić information content (AvgIpc) is 3.03. The van der Waals surface area contributed by atoms with Crippen molar-refractivity contribution >= 4 is 17.6 Å². The molecule has 1 heterocycles. The Balaban J connectivity index is 2.35. The van der Waals surface area contributed by atoms with Gasteiger partial charge in [0.25, 0.3) is 5.69 Å². The molecule has 0 aliphatic heterocycles. The molecule has 0 unspecified atom stereocenters. The van der Waals surface area contributed by atoms with Gasteiger partial charge in [0, 0.05) is 18.1 Å². The minimum atomic E-state index is -0.754. The molecule has 10 heteroatoms. The number of aromatic nitrogens is 3. The van der Waals surface area contributed by atoms with E-state index >= 15 is 0 Å². The Kier molecular flexibility index (Phi) is 6.60. The first-order chi connectivity index (χ1) is 13.0. The van der Waals surface area contributed by atoms with Crippen LogP contribution in [0.3, 0.4) is 0 Å². The Bertz CT molecular complexity index is 908. The lowest BCUT2D eigenvalue weighted by molar-refractivity contribution is -0.384. The van der Waals surface area contributed by atoms with Crippen LogP contribution in [0.2, 0.25) is 0 Å². The quantitative estimate of drug-likeness (QED) is 0.322. The van der Waals surface area contributed by atoms with Crippen molar-refractivity contribution in [1.82, 2.24) is 15.0 Å². The number of carbonyl (C=O) groups is 2. The second-order valence-electron chi connectivity index (χ2n) is 5.06. The number of benzene rings is 1. The van der Waals surface area contributed by atoms with E-state index in [1.807, 2.05) is 0 Å². The van der Waals surface area contributed by atoms with Gasteiger partial charge < -0.3 is 9.47 Å². The van der Waals surface area contributed by atoms with Gasteiger partial charge in [0.15, 0.2) is 0 Å². The third-order valence-corrected chi connectivity index (χ3v) is 3.24. The lowest BCUT2D eigenvalue weighted by atomic mass is 10.2. The van der Waals surface area contributed by atoms with Crippen molar-refractivity contribution < 1.29 is 24.0 Å². The first-order valence-electron chi connectivity index (χ1n) is 7.99. The Morgan fingerprint density at radius 1 is 1.19 bits per heavy atom. The van der Waals surface area contributed by atoms with Crippen LogP contribution in [-0.4, -0.2) is 45.1 Å². The van der Waals surface area contributed by atoms with Crippen molar-refractivity contribution in [2.24, 2.45) is 0 Å². The molecule has 2 rings (SSSR count). The monoisotopic (exact) mass is 372 g/mol. The number of nitrogens with zero attached hydrogens (tertiary/aromatic N) is 4. The molecule has 0 N–H and O–H groups in total. The number of hydrogen-bond donors (Lipinski definition) is 0. The number of non-ortho nitro benzene ring substituents is 1. The van der Waals surface area contributed by atoms with Crippen LogP contribution in [0.4, 0.5) is 5.69 Å². The zero-order chi connectivity index (χ0) is 19.8. The van der Waals surface area contributed by atoms with Gasteiger partial charge in [0.1, 0.15) is 5.69 Å². The van der Waals surface area contributed by atoms with E-state index in [1.54, 1.807) is 26.0 Å². The highest BCUT2D eigenvalue weighted by Crippen LogP contribution is 2.14. The van der Waals surface area contributed by atoms with E-state index in [4.69, 9.17) is 9.47 Å². The molecular formula is C17H16N4O6. The molecule has 0 aliphatic carbocycles. The minimum Gasteiger partial charge on any atom is -0.461 e. The second kappa shape index (κ2) is 9.10. The standard InChI is InChI=1S/C17H16N4O6/c1-3-26-15(22)10-9-14-16(17(23)27-4-2)18-19-20(14)11-12-5-7-13(8-6-12)21(24)25/h5-8H,3-4,11H2,1-2H3. The van der Waals surface area contributed by atoms with Gasteiger partial charge in [-0.2, -0.15) is 0 Å². The van der Waals surface area contributed by atoms with E-state index in [-0.39, 0.29) is 36.8 Å². The van der Waals surface area contributed by atoms with Gasteiger partial charge in [0.05, 0.1) is 24.7 Å². The molecule has 27 heavy (non-hydrogen) atoms. The van der Waals surface area contributed by atoms with Crippen molar-refractivity contribution in [2.75, 3.05) is 13.2 Å². The predicted octanol–water partition coefficient (Wildman–Crippen LogP) is 1.33. The topological polar surface area (TPSA) is 126 Å². The molecule has 0 aliphatic rings. The van der Waals surface area contributed by atoms with Gasteiger partial charge in [-0.3, -0.25) is 10.1 Å². The lowest BCUT2D eigenvalue weighted by Crippen LogP contribution is -2.10. The van der Waals surface area contributed by atoms with Crippen LogP contribution in [-0.2, 0) is 20.8 Å². The molecule has 1 aromatic heterocycles. The molecule has 0 saturated carbocycles. The van der Waals surface area contributed by atoms with Gasteiger partial charge in [0.2, 0.25) is 5.69 Å². The molecular weight excluding hydrogens is 356 g/mol. The maximum atomic E-state index is 12.0. The number of esters is 2. The number of nitro benzene ring substituents is 1. The number of nitro groups is 1. The van der Waals surface area contributed by atoms with E-state index in [9.17, 15) is 19.7 Å². The third kappa shape index (κ3) is 5.12. The first-order valence-corrected chi connectivity index (χ1v) is 7.99. The summed E-state index contributed by atoms with van der Waals surface area (Å²) >= 11 is 0. The summed E-state index contributed by atoms with van der Waals surface area (Å²) < 4.78 is 11.0. The molecule has 2 aromatic rings. The van der Waals surface area contributed by atoms with Crippen LogP contribution in [0.15, 0.2) is 24.3 Å². The summed E-state index contributed by atoms with van der Waals surface area (Å²) in [6, 6.07) is 5.80. The van der Waals surface area contributed by atoms with Gasteiger partial charge in [-0.25, -0.2) is 14.3 Å². The van der Waals surface area contributed by atoms with E-state index < -0.39 is 16.9 Å². The molecule has 0 radical (unpaired) electrons. The van der Waals surface area contributed by atoms with E-state index in [0.717, 1.165) is 0 Å². The van der Waals surface area contributed by atoms with E-state index in [2.05, 4.69) is 22.2 Å². The third-order valence-electron chi connectivity index (χ3n) is 3.24. The van der Waals surface area contributed by atoms with Gasteiger partial charge in [-0.1, -0.05) is 17.3 Å². The van der Waals surface area contributed by atoms with Crippen molar-refractivity contribution in [1.29, 1.82) is 0 Å². The van der Waals surface area contributed by atoms with Crippen molar-refractivity contribution in [2.45, 2.75) is 20.4 Å². The Morgan fingerprint density at radius 2 is 1.85 bits per heavy atom. The van der Waals surface area contributed by atoms with Crippen molar-refractivity contribution in [3.8, 4) is 11.8 Å². The highest BCUT2D eigenvalue weighted by atomic mass is 16.6. The summed E-state index contributed by atoms with van der Waals surface area (Å²) in [4.78, 5) is 33.7. The number of ether oxygens (including phenoxy) is 2. The summed E-state index contributed by atoms with van der Waals surface area (Å²) in [6.07, 6.45) is 0. The maximum absolute atomic E-state index is 12.0. The smallest absolute Gasteiger partial charge is 0.384 e. The fourth-order valence-electron chi connectivity index (χ4n) is 2.06. The fraction of sp³-hybridized carbons (Fsp3) is 0.294. The Hall–Kier alpha value is -3.74. The summed E-state index contributed by atoms with van der Waals surface area (Å²) in [5.41, 5.74) is 0.572. The van der Waals surface area contributed by atoms with Crippen LogP contribution in [0.25, 0.3) is 0 Å². The van der Waals surface area contributed by atoms with Crippen LogP contribution in [0.5, 0.6) is 0 Å². The van der Waals surface area contributed by atoms with Crippen molar-refractivity contribution in [3.05, 3.63) is 51.3 Å². The summed E-state index contributed by atoms with van der Waals surface area (Å²) in [5.74, 6) is 3.33. The van der Waals surface area contributed by atoms with Crippen LogP contribution >= 0.6 is 0 Å². The molecule has 0 saturated heterocycles.